The van der Waals surface area contributed by atoms with Gasteiger partial charge in [-0.2, -0.15) is 0 Å². The van der Waals surface area contributed by atoms with Crippen molar-refractivity contribution in [2.75, 3.05) is 0 Å². The van der Waals surface area contributed by atoms with Crippen LogP contribution in [0, 0.1) is 0 Å². The zero-order valence-electron chi connectivity index (χ0n) is 1.71. The van der Waals surface area contributed by atoms with Crippen molar-refractivity contribution in [1.29, 1.82) is 0 Å². The van der Waals surface area contributed by atoms with Crippen LogP contribution in [-0.4, -0.2) is 30.1 Å². The summed E-state index contributed by atoms with van der Waals surface area (Å²) < 4.78 is 0. The molecular weight excluding hydrogens is 379 g/mol. The molecule has 0 amide bonds. The zero-order chi connectivity index (χ0) is 3.58. The van der Waals surface area contributed by atoms with Crippen molar-refractivity contribution in [3.05, 3.63) is 0 Å². The molecule has 0 fully saturated rings. The summed E-state index contributed by atoms with van der Waals surface area (Å²) in [5.74, 6) is 0. The molecule has 0 aliphatic heterocycles. The van der Waals surface area contributed by atoms with Gasteiger partial charge in [-0.15, -0.1) is 0 Å². The molecule has 0 saturated carbocycles. The second-order valence-electron chi connectivity index (χ2n) is 0.247. The number of rotatable bonds is 0. The minimum atomic E-state index is -1.04. The molecule has 0 atom stereocenters. The van der Waals surface area contributed by atoms with E-state index in [2.05, 4.69) is 40.7 Å². The van der Waals surface area contributed by atoms with E-state index in [1.54, 1.807) is 0 Å². The predicted octanol–water partition coefficient (Wildman–Crippen LogP) is 0.972. The van der Waals surface area contributed by atoms with Crippen molar-refractivity contribution in [3.63, 3.8) is 0 Å². The quantitative estimate of drug-likeness (QED) is 0.548. The molecule has 0 spiro atoms. The predicted molar refractivity (Wildman–Crippen MR) is 42.5 cm³/mol. The minimum absolute atomic E-state index is 0. The van der Waals surface area contributed by atoms with E-state index in [0.717, 1.165) is 0 Å². The first-order valence-corrected chi connectivity index (χ1v) is 17.7. The molecule has 5 heavy (non-hydrogen) atoms. The Morgan fingerprint density at radius 1 is 1.00 bits per heavy atom. The van der Waals surface area contributed by atoms with Crippen LogP contribution in [0.2, 0.25) is 0 Å². The zero-order valence-corrected chi connectivity index (χ0v) is 8.89. The molecule has 0 aliphatic rings. The van der Waals surface area contributed by atoms with E-state index < -0.39 is 10.3 Å². The monoisotopic (exact) mass is 378 g/mol. The summed E-state index contributed by atoms with van der Waals surface area (Å²) in [7, 11) is -1.04. The van der Waals surface area contributed by atoms with E-state index in [0.29, 0.717) is 0 Å². The van der Waals surface area contributed by atoms with Crippen LogP contribution in [0.25, 0.3) is 0 Å². The van der Waals surface area contributed by atoms with Gasteiger partial charge in [0.2, 0.25) is 0 Å². The van der Waals surface area contributed by atoms with Gasteiger partial charge in [0.15, 0.2) is 0 Å². The van der Waals surface area contributed by atoms with Gasteiger partial charge in [-0.3, -0.25) is 0 Å². The fourth-order valence-corrected chi connectivity index (χ4v) is 0. The van der Waals surface area contributed by atoms with E-state index >= 15 is 0 Å². The van der Waals surface area contributed by atoms with E-state index in [1.165, 1.54) is 0 Å². The first-order valence-electron chi connectivity index (χ1n) is 0.655. The second-order valence-corrected chi connectivity index (χ2v) is 34.7. The molecule has 0 heterocycles. The normalized spacial score (nSPS) is 5.40. The number of halogens is 3. The van der Waals surface area contributed by atoms with Gasteiger partial charge in [0.25, 0.3) is 0 Å². The Bertz CT molecular complexity index is 9.61. The Morgan fingerprint density at radius 2 is 1.00 bits per heavy atom. The summed E-state index contributed by atoms with van der Waals surface area (Å²) >= 11 is 9.88. The van der Waals surface area contributed by atoms with Crippen molar-refractivity contribution in [2.24, 2.45) is 0 Å². The summed E-state index contributed by atoms with van der Waals surface area (Å²) in [6.07, 6.45) is 0. The van der Waals surface area contributed by atoms with Crippen LogP contribution in [0.1, 0.15) is 0 Å². The fourth-order valence-electron chi connectivity index (χ4n) is 0. The topological polar surface area (TPSA) is 0 Å². The maximum atomic E-state index is 3.29. The van der Waals surface area contributed by atoms with Gasteiger partial charge in [-0.1, -0.05) is 0 Å². The summed E-state index contributed by atoms with van der Waals surface area (Å²) in [6, 6.07) is 0. The summed E-state index contributed by atoms with van der Waals surface area (Å²) in [6.45, 7) is 0. The van der Waals surface area contributed by atoms with Crippen LogP contribution in [-0.2, 0) is 0 Å². The third-order valence-electron chi connectivity index (χ3n) is 0. The van der Waals surface area contributed by atoms with Gasteiger partial charge < -0.3 is 0 Å². The molecule has 0 unspecified atom stereocenters. The SMILES string of the molecule is [Br][Ga]([Br])[Br].[GaH3]. The molecule has 0 rings (SSSR count). The van der Waals surface area contributed by atoms with Crippen molar-refractivity contribution < 1.29 is 0 Å². The van der Waals surface area contributed by atoms with Crippen LogP contribution >= 0.6 is 40.7 Å². The second kappa shape index (κ2) is 6.71. The van der Waals surface area contributed by atoms with Crippen LogP contribution in [0.3, 0.4) is 0 Å². The average Bonchev–Trinajstić information content (AvgIpc) is 0.811. The average molecular weight is 382 g/mol. The number of hydrogen-bond donors (Lipinski definition) is 0. The van der Waals surface area contributed by atoms with Crippen LogP contribution in [0.4, 0.5) is 0 Å². The molecule has 0 aromatic carbocycles. The van der Waals surface area contributed by atoms with Crippen LogP contribution in [0.5, 0.6) is 0 Å². The molecule has 0 nitrogen and oxygen atoms in total. The standard InChI is InChI=1S/3BrH.2Ga.3H/h3*1H;;;;;/q;;;;+3;;;/p-3. The van der Waals surface area contributed by atoms with E-state index in [1.807, 2.05) is 0 Å². The molecule has 0 saturated heterocycles. The Hall–Kier alpha value is 2.71. The molecular formula is H3Br3Ga2. The summed E-state index contributed by atoms with van der Waals surface area (Å²) in [5.41, 5.74) is 0. The molecule has 30 valence electrons. The third kappa shape index (κ3) is 20.3. The molecule has 0 aromatic rings. The Balaban J connectivity index is 0. The van der Waals surface area contributed by atoms with E-state index in [4.69, 9.17) is 0 Å². The van der Waals surface area contributed by atoms with Crippen LogP contribution in [0.15, 0.2) is 0 Å². The summed E-state index contributed by atoms with van der Waals surface area (Å²) in [4.78, 5) is 0. The Morgan fingerprint density at radius 3 is 1.00 bits per heavy atom. The first kappa shape index (κ1) is 10.6. The van der Waals surface area contributed by atoms with E-state index in [9.17, 15) is 0 Å². The van der Waals surface area contributed by atoms with Gasteiger partial charge in [-0.25, -0.2) is 0 Å². The Labute approximate surface area is 69.5 Å². The van der Waals surface area contributed by atoms with E-state index in [-0.39, 0.29) is 19.8 Å². The van der Waals surface area contributed by atoms with Gasteiger partial charge in [0.05, 0.1) is 0 Å². The van der Waals surface area contributed by atoms with Crippen molar-refractivity contribution in [3.8, 4) is 0 Å². The molecule has 0 radical (unpaired) electrons. The fraction of sp³-hybridized carbons (Fsp3) is 0. The molecule has 0 aromatic heterocycles. The maximum absolute atomic E-state index is 3.29. The molecule has 0 aliphatic carbocycles. The third-order valence-corrected chi connectivity index (χ3v) is 0. The van der Waals surface area contributed by atoms with Gasteiger partial charge >= 0.3 is 70.7 Å². The van der Waals surface area contributed by atoms with Crippen LogP contribution < -0.4 is 0 Å². The number of hydrogen-bond acceptors (Lipinski definition) is 0. The van der Waals surface area contributed by atoms with Gasteiger partial charge in [0, 0.05) is 0 Å². The first-order chi connectivity index (χ1) is 1.73. The summed E-state index contributed by atoms with van der Waals surface area (Å²) in [5, 5.41) is 0. The van der Waals surface area contributed by atoms with Gasteiger partial charge in [-0.05, 0) is 0 Å². The van der Waals surface area contributed by atoms with Gasteiger partial charge in [0.1, 0.15) is 0 Å². The molecule has 5 heteroatoms. The van der Waals surface area contributed by atoms with Crippen molar-refractivity contribution >= 4 is 70.7 Å². The van der Waals surface area contributed by atoms with Crippen molar-refractivity contribution in [2.45, 2.75) is 0 Å². The molecule has 0 N–H and O–H groups in total. The molecule has 0 bridgehead atoms. The van der Waals surface area contributed by atoms with Crippen molar-refractivity contribution in [1.82, 2.24) is 0 Å². The Kier molecular flexibility index (Phi) is 14.3.